The van der Waals surface area contributed by atoms with Crippen molar-refractivity contribution in [2.45, 2.75) is 117 Å². The van der Waals surface area contributed by atoms with Crippen molar-refractivity contribution in [3.8, 4) is 0 Å². The number of hydrogen-bond donors (Lipinski definition) is 0. The number of carbonyl (C=O) groups excluding carboxylic acids is 2. The van der Waals surface area contributed by atoms with Gasteiger partial charge in [0, 0.05) is 6.92 Å². The van der Waals surface area contributed by atoms with Crippen molar-refractivity contribution < 1.29 is 19.1 Å². The maximum atomic E-state index is 11.9. The van der Waals surface area contributed by atoms with Crippen molar-refractivity contribution >= 4 is 11.9 Å². The minimum absolute atomic E-state index is 0.147. The van der Waals surface area contributed by atoms with E-state index in [-0.39, 0.29) is 24.5 Å². The molecule has 0 saturated heterocycles. The van der Waals surface area contributed by atoms with Crippen molar-refractivity contribution in [1.29, 1.82) is 0 Å². The van der Waals surface area contributed by atoms with Gasteiger partial charge in [0.05, 0.1) is 6.42 Å². The fourth-order valence-electron chi connectivity index (χ4n) is 2.69. The first kappa shape index (κ1) is 22.9. The van der Waals surface area contributed by atoms with Gasteiger partial charge in [-0.3, -0.25) is 9.59 Å². The number of hydrogen-bond acceptors (Lipinski definition) is 4. The lowest BCUT2D eigenvalue weighted by Gasteiger charge is -2.22. The molecule has 0 N–H and O–H groups in total. The van der Waals surface area contributed by atoms with Crippen LogP contribution in [0.4, 0.5) is 0 Å². The standard InChI is InChI=1S/C20H38O4/c1-6-7-8-9-10-11-12-13-14-15-18(23-17(2)21)16-19(22)24-20(3,4)5/h18H,6-16H2,1-5H3. The minimum atomic E-state index is -0.504. The quantitative estimate of drug-likeness (QED) is 0.324. The zero-order valence-corrected chi connectivity index (χ0v) is 16.5. The van der Waals surface area contributed by atoms with Crippen molar-refractivity contribution in [3.05, 3.63) is 0 Å². The molecule has 0 aliphatic heterocycles. The fraction of sp³-hybridized carbons (Fsp3) is 0.900. The third kappa shape index (κ3) is 15.8. The second-order valence-corrected chi connectivity index (χ2v) is 7.64. The second kappa shape index (κ2) is 13.3. The molecule has 0 fully saturated rings. The van der Waals surface area contributed by atoms with Crippen molar-refractivity contribution in [3.63, 3.8) is 0 Å². The lowest BCUT2D eigenvalue weighted by molar-refractivity contribution is -0.161. The summed E-state index contributed by atoms with van der Waals surface area (Å²) < 4.78 is 10.6. The van der Waals surface area contributed by atoms with E-state index in [2.05, 4.69) is 6.92 Å². The van der Waals surface area contributed by atoms with E-state index in [9.17, 15) is 9.59 Å². The summed E-state index contributed by atoms with van der Waals surface area (Å²) in [5.74, 6) is -0.635. The van der Waals surface area contributed by atoms with Crippen LogP contribution < -0.4 is 0 Å². The predicted octanol–water partition coefficient (Wildman–Crippen LogP) is 5.57. The van der Waals surface area contributed by atoms with Crippen LogP contribution in [-0.2, 0) is 19.1 Å². The molecule has 0 bridgehead atoms. The summed E-state index contributed by atoms with van der Waals surface area (Å²) in [6.45, 7) is 9.14. The molecular formula is C20H38O4. The van der Waals surface area contributed by atoms with E-state index >= 15 is 0 Å². The molecule has 24 heavy (non-hydrogen) atoms. The summed E-state index contributed by atoms with van der Waals surface area (Å²) in [5.41, 5.74) is -0.504. The first-order chi connectivity index (χ1) is 11.2. The van der Waals surface area contributed by atoms with Gasteiger partial charge in [0.2, 0.25) is 0 Å². The summed E-state index contributed by atoms with van der Waals surface area (Å²) in [7, 11) is 0. The van der Waals surface area contributed by atoms with E-state index in [1.165, 1.54) is 51.9 Å². The molecule has 1 atom stereocenters. The first-order valence-electron chi connectivity index (χ1n) is 9.63. The number of esters is 2. The molecule has 0 spiro atoms. The van der Waals surface area contributed by atoms with Crippen LogP contribution >= 0.6 is 0 Å². The number of rotatable bonds is 13. The van der Waals surface area contributed by atoms with Gasteiger partial charge in [-0.05, 0) is 33.6 Å². The Bertz CT molecular complexity index is 344. The SMILES string of the molecule is CCCCCCCCCCCC(CC(=O)OC(C)(C)C)OC(C)=O. The molecule has 0 rings (SSSR count). The highest BCUT2D eigenvalue weighted by molar-refractivity contribution is 5.71. The van der Waals surface area contributed by atoms with Gasteiger partial charge in [-0.2, -0.15) is 0 Å². The maximum Gasteiger partial charge on any atom is 0.310 e. The van der Waals surface area contributed by atoms with Crippen LogP contribution in [0.2, 0.25) is 0 Å². The molecule has 0 aliphatic carbocycles. The first-order valence-corrected chi connectivity index (χ1v) is 9.63. The summed E-state index contributed by atoms with van der Waals surface area (Å²) in [5, 5.41) is 0. The van der Waals surface area contributed by atoms with Crippen LogP contribution in [0.5, 0.6) is 0 Å². The van der Waals surface area contributed by atoms with Crippen LogP contribution in [-0.4, -0.2) is 23.6 Å². The Balaban J connectivity index is 3.91. The Morgan fingerprint density at radius 3 is 1.83 bits per heavy atom. The highest BCUT2D eigenvalue weighted by Gasteiger charge is 2.22. The van der Waals surface area contributed by atoms with Crippen molar-refractivity contribution in [1.82, 2.24) is 0 Å². The number of ether oxygens (including phenoxy) is 2. The molecular weight excluding hydrogens is 304 g/mol. The topological polar surface area (TPSA) is 52.6 Å². The van der Waals surface area contributed by atoms with Crippen LogP contribution in [0.3, 0.4) is 0 Å². The Morgan fingerprint density at radius 2 is 1.38 bits per heavy atom. The number of unbranched alkanes of at least 4 members (excludes halogenated alkanes) is 8. The van der Waals surface area contributed by atoms with Gasteiger partial charge >= 0.3 is 11.9 Å². The average molecular weight is 343 g/mol. The Morgan fingerprint density at radius 1 is 0.875 bits per heavy atom. The Hall–Kier alpha value is -1.06. The van der Waals surface area contributed by atoms with E-state index in [1.54, 1.807) is 0 Å². The van der Waals surface area contributed by atoms with Crippen molar-refractivity contribution in [2.24, 2.45) is 0 Å². The van der Waals surface area contributed by atoms with Crippen LogP contribution in [0.1, 0.15) is 105 Å². The summed E-state index contributed by atoms with van der Waals surface area (Å²) in [6, 6.07) is 0. The highest BCUT2D eigenvalue weighted by Crippen LogP contribution is 2.16. The van der Waals surface area contributed by atoms with Gasteiger partial charge < -0.3 is 9.47 Å². The Labute approximate surface area is 148 Å². The zero-order chi connectivity index (χ0) is 18.4. The third-order valence-electron chi connectivity index (χ3n) is 3.78. The normalized spacial score (nSPS) is 12.7. The minimum Gasteiger partial charge on any atom is -0.462 e. The van der Waals surface area contributed by atoms with Gasteiger partial charge in [0.1, 0.15) is 11.7 Å². The molecule has 0 saturated carbocycles. The van der Waals surface area contributed by atoms with Crippen LogP contribution in [0, 0.1) is 0 Å². The van der Waals surface area contributed by atoms with Crippen molar-refractivity contribution in [2.75, 3.05) is 0 Å². The summed E-state index contributed by atoms with van der Waals surface area (Å²) in [4.78, 5) is 23.1. The molecule has 0 heterocycles. The lowest BCUT2D eigenvalue weighted by atomic mass is 10.0. The van der Waals surface area contributed by atoms with E-state index in [4.69, 9.17) is 9.47 Å². The van der Waals surface area contributed by atoms with E-state index in [1.807, 2.05) is 20.8 Å². The molecule has 0 aromatic heterocycles. The zero-order valence-electron chi connectivity index (χ0n) is 16.5. The van der Waals surface area contributed by atoms with Gasteiger partial charge in [-0.25, -0.2) is 0 Å². The smallest absolute Gasteiger partial charge is 0.310 e. The van der Waals surface area contributed by atoms with Gasteiger partial charge in [0.25, 0.3) is 0 Å². The molecule has 0 radical (unpaired) electrons. The molecule has 0 aromatic rings. The molecule has 0 aliphatic rings. The van der Waals surface area contributed by atoms with E-state index in [0.717, 1.165) is 19.3 Å². The lowest BCUT2D eigenvalue weighted by Crippen LogP contribution is -2.28. The van der Waals surface area contributed by atoms with Gasteiger partial charge in [0.15, 0.2) is 0 Å². The summed E-state index contributed by atoms with van der Waals surface area (Å²) >= 11 is 0. The van der Waals surface area contributed by atoms with E-state index in [0.29, 0.717) is 0 Å². The molecule has 0 amide bonds. The Kier molecular flexibility index (Phi) is 12.7. The third-order valence-corrected chi connectivity index (χ3v) is 3.78. The monoisotopic (exact) mass is 342 g/mol. The van der Waals surface area contributed by atoms with Gasteiger partial charge in [-0.15, -0.1) is 0 Å². The fourth-order valence-corrected chi connectivity index (χ4v) is 2.69. The van der Waals surface area contributed by atoms with Gasteiger partial charge in [-0.1, -0.05) is 58.3 Å². The highest BCUT2D eigenvalue weighted by atomic mass is 16.6. The molecule has 142 valence electrons. The van der Waals surface area contributed by atoms with Crippen LogP contribution in [0.25, 0.3) is 0 Å². The van der Waals surface area contributed by atoms with E-state index < -0.39 is 5.60 Å². The molecule has 0 aromatic carbocycles. The average Bonchev–Trinajstić information content (AvgIpc) is 2.42. The van der Waals surface area contributed by atoms with Crippen LogP contribution in [0.15, 0.2) is 0 Å². The molecule has 1 unspecified atom stereocenters. The second-order valence-electron chi connectivity index (χ2n) is 7.64. The largest absolute Gasteiger partial charge is 0.462 e. The number of carbonyl (C=O) groups is 2. The summed E-state index contributed by atoms with van der Waals surface area (Å²) in [6.07, 6.45) is 11.7. The predicted molar refractivity (Wildman–Crippen MR) is 97.9 cm³/mol. The molecule has 4 nitrogen and oxygen atoms in total. The molecule has 4 heteroatoms. The maximum absolute atomic E-state index is 11.9.